The van der Waals surface area contributed by atoms with Gasteiger partial charge in [-0.1, -0.05) is 60.7 Å². The highest BCUT2D eigenvalue weighted by atomic mass is 35.5. The van der Waals surface area contributed by atoms with Crippen LogP contribution in [0.2, 0.25) is 0 Å². The van der Waals surface area contributed by atoms with Gasteiger partial charge in [0.2, 0.25) is 11.8 Å². The highest BCUT2D eigenvalue weighted by Crippen LogP contribution is 2.30. The first-order valence-corrected chi connectivity index (χ1v) is 12.5. The van der Waals surface area contributed by atoms with Gasteiger partial charge < -0.3 is 19.9 Å². The minimum absolute atomic E-state index is 0.123. The number of nitrogens with one attached hydrogen (secondary N) is 2. The molecule has 0 fully saturated rings. The summed E-state index contributed by atoms with van der Waals surface area (Å²) in [5.41, 5.74) is 3.62. The van der Waals surface area contributed by atoms with Crippen LogP contribution < -0.4 is 5.32 Å². The van der Waals surface area contributed by atoms with E-state index < -0.39 is 12.0 Å². The molecule has 0 aliphatic heterocycles. The monoisotopic (exact) mass is 517 g/mol. The Kier molecular flexibility index (Phi) is 8.59. The molecule has 1 heterocycles. The van der Waals surface area contributed by atoms with Gasteiger partial charge in [0.1, 0.15) is 11.9 Å². The van der Waals surface area contributed by atoms with E-state index in [4.69, 9.17) is 16.3 Å². The molecule has 2 amide bonds. The number of aromatic amines is 1. The fraction of sp³-hybridized carbons (Fsp3) is 0.207. The highest BCUT2D eigenvalue weighted by Gasteiger charge is 2.33. The summed E-state index contributed by atoms with van der Waals surface area (Å²) < 4.78 is 5.05. The van der Waals surface area contributed by atoms with Crippen molar-refractivity contribution in [3.63, 3.8) is 0 Å². The third-order valence-electron chi connectivity index (χ3n) is 6.04. The normalized spacial score (nSPS) is 11.6. The number of benzene rings is 3. The van der Waals surface area contributed by atoms with E-state index in [0.29, 0.717) is 17.7 Å². The summed E-state index contributed by atoms with van der Waals surface area (Å²) in [5, 5.41) is 3.82. The lowest BCUT2D eigenvalue weighted by Crippen LogP contribution is -2.43. The molecule has 1 atom stereocenters. The molecule has 1 unspecified atom stereocenters. The minimum Gasteiger partial charge on any atom is -0.462 e. The Labute approximate surface area is 220 Å². The standard InChI is InChI=1S/C29H28ClN3O4/c1-2-37-29(36)22-14-12-21(13-15-22)19-33(26(34)16-30)27(24-18-31-25-11-7-6-10-23(24)25)28(35)32-17-20-8-4-3-5-9-20/h3-15,18,27,31H,2,16-17,19H2,1H3,(H,32,35). The van der Waals surface area contributed by atoms with Crippen LogP contribution in [0, 0.1) is 0 Å². The molecule has 0 aliphatic carbocycles. The van der Waals surface area contributed by atoms with Crippen LogP contribution >= 0.6 is 11.6 Å². The van der Waals surface area contributed by atoms with Crippen LogP contribution in [0.15, 0.2) is 85.1 Å². The van der Waals surface area contributed by atoms with Gasteiger partial charge in [-0.25, -0.2) is 4.79 Å². The lowest BCUT2D eigenvalue weighted by atomic mass is 10.0. The van der Waals surface area contributed by atoms with Crippen LogP contribution in [0.3, 0.4) is 0 Å². The van der Waals surface area contributed by atoms with Crippen molar-refractivity contribution in [1.29, 1.82) is 0 Å². The molecule has 1 aromatic heterocycles. The summed E-state index contributed by atoms with van der Waals surface area (Å²) in [7, 11) is 0. The molecule has 0 aliphatic rings. The molecular formula is C29H28ClN3O4. The number of hydrogen-bond acceptors (Lipinski definition) is 4. The Morgan fingerprint density at radius 1 is 0.946 bits per heavy atom. The number of carbonyl (C=O) groups excluding carboxylic acids is 3. The molecule has 4 rings (SSSR count). The first kappa shape index (κ1) is 26.0. The number of amides is 2. The molecule has 0 radical (unpaired) electrons. The number of esters is 1. The van der Waals surface area contributed by atoms with E-state index in [1.165, 1.54) is 4.90 Å². The second kappa shape index (κ2) is 12.2. The summed E-state index contributed by atoms with van der Waals surface area (Å²) in [5.74, 6) is -1.41. The number of rotatable bonds is 10. The molecule has 0 bridgehead atoms. The topological polar surface area (TPSA) is 91.5 Å². The smallest absolute Gasteiger partial charge is 0.338 e. The lowest BCUT2D eigenvalue weighted by Gasteiger charge is -2.31. The van der Waals surface area contributed by atoms with Crippen LogP contribution in [-0.4, -0.2) is 40.2 Å². The molecular weight excluding hydrogens is 490 g/mol. The van der Waals surface area contributed by atoms with Gasteiger partial charge >= 0.3 is 5.97 Å². The second-order valence-electron chi connectivity index (χ2n) is 8.47. The first-order chi connectivity index (χ1) is 18.0. The Morgan fingerprint density at radius 3 is 2.35 bits per heavy atom. The number of hydrogen-bond donors (Lipinski definition) is 2. The predicted octanol–water partition coefficient (Wildman–Crippen LogP) is 4.97. The Morgan fingerprint density at radius 2 is 1.65 bits per heavy atom. The summed E-state index contributed by atoms with van der Waals surface area (Å²) in [4.78, 5) is 43.6. The summed E-state index contributed by atoms with van der Waals surface area (Å²) in [6, 6.07) is 23.0. The first-order valence-electron chi connectivity index (χ1n) is 12.0. The van der Waals surface area contributed by atoms with Gasteiger partial charge in [-0.05, 0) is 36.2 Å². The second-order valence-corrected chi connectivity index (χ2v) is 8.74. The van der Waals surface area contributed by atoms with Crippen molar-refractivity contribution in [2.24, 2.45) is 0 Å². The minimum atomic E-state index is -0.934. The van der Waals surface area contributed by atoms with E-state index in [2.05, 4.69) is 10.3 Å². The third-order valence-corrected chi connectivity index (χ3v) is 6.27. The van der Waals surface area contributed by atoms with Crippen molar-refractivity contribution in [1.82, 2.24) is 15.2 Å². The number of nitrogens with zero attached hydrogens (tertiary/aromatic N) is 1. The number of aromatic nitrogens is 1. The summed E-state index contributed by atoms with van der Waals surface area (Å²) >= 11 is 6.02. The molecule has 37 heavy (non-hydrogen) atoms. The van der Waals surface area contributed by atoms with Gasteiger partial charge in [-0.2, -0.15) is 0 Å². The zero-order valence-corrected chi connectivity index (χ0v) is 21.2. The van der Waals surface area contributed by atoms with Gasteiger partial charge in [-0.15, -0.1) is 11.6 Å². The molecule has 3 aromatic carbocycles. The van der Waals surface area contributed by atoms with Gasteiger partial charge in [0.25, 0.3) is 0 Å². The Bertz CT molecular complexity index is 1370. The van der Waals surface area contributed by atoms with Crippen molar-refractivity contribution in [2.45, 2.75) is 26.1 Å². The Balaban J connectivity index is 1.68. The molecule has 0 saturated heterocycles. The van der Waals surface area contributed by atoms with Crippen LogP contribution in [0.4, 0.5) is 0 Å². The average molecular weight is 518 g/mol. The predicted molar refractivity (Wildman–Crippen MR) is 143 cm³/mol. The number of H-pyrrole nitrogens is 1. The van der Waals surface area contributed by atoms with E-state index in [9.17, 15) is 14.4 Å². The fourth-order valence-corrected chi connectivity index (χ4v) is 4.36. The molecule has 8 heteroatoms. The highest BCUT2D eigenvalue weighted by molar-refractivity contribution is 6.27. The molecule has 0 spiro atoms. The quantitative estimate of drug-likeness (QED) is 0.229. The van der Waals surface area contributed by atoms with Gasteiger partial charge in [0.15, 0.2) is 0 Å². The van der Waals surface area contributed by atoms with E-state index in [-0.39, 0.29) is 30.8 Å². The maximum Gasteiger partial charge on any atom is 0.338 e. The number of halogens is 1. The summed E-state index contributed by atoms with van der Waals surface area (Å²) in [6.45, 7) is 2.46. The largest absolute Gasteiger partial charge is 0.462 e. The fourth-order valence-electron chi connectivity index (χ4n) is 4.21. The van der Waals surface area contributed by atoms with Gasteiger partial charge in [-0.3, -0.25) is 9.59 Å². The van der Waals surface area contributed by atoms with Crippen LogP contribution in [0.1, 0.15) is 40.0 Å². The van der Waals surface area contributed by atoms with Crippen LogP contribution in [0.5, 0.6) is 0 Å². The van der Waals surface area contributed by atoms with E-state index in [1.807, 2.05) is 54.6 Å². The van der Waals surface area contributed by atoms with E-state index in [1.54, 1.807) is 37.4 Å². The van der Waals surface area contributed by atoms with Crippen LogP contribution in [-0.2, 0) is 27.4 Å². The van der Waals surface area contributed by atoms with E-state index >= 15 is 0 Å². The van der Waals surface area contributed by atoms with Crippen molar-refractivity contribution in [3.05, 3.63) is 107 Å². The molecule has 0 saturated carbocycles. The molecule has 2 N–H and O–H groups in total. The third kappa shape index (κ3) is 6.19. The van der Waals surface area contributed by atoms with Crippen molar-refractivity contribution >= 4 is 40.3 Å². The van der Waals surface area contributed by atoms with Crippen molar-refractivity contribution in [3.8, 4) is 0 Å². The number of fused-ring (bicyclic) bond motifs is 1. The lowest BCUT2D eigenvalue weighted by molar-refractivity contribution is -0.139. The summed E-state index contributed by atoms with van der Waals surface area (Å²) in [6.07, 6.45) is 1.76. The maximum absolute atomic E-state index is 13.7. The zero-order chi connectivity index (χ0) is 26.2. The maximum atomic E-state index is 13.7. The SMILES string of the molecule is CCOC(=O)c1ccc(CN(C(=O)CCl)C(C(=O)NCc2ccccc2)c2c[nH]c3ccccc23)cc1. The molecule has 190 valence electrons. The molecule has 7 nitrogen and oxygen atoms in total. The van der Waals surface area contributed by atoms with Gasteiger partial charge in [0, 0.05) is 35.8 Å². The number of ether oxygens (including phenoxy) is 1. The molecule has 4 aromatic rings. The van der Waals surface area contributed by atoms with Crippen molar-refractivity contribution < 1.29 is 19.1 Å². The number of carbonyl (C=O) groups is 3. The number of alkyl halides is 1. The number of para-hydroxylation sites is 1. The van der Waals surface area contributed by atoms with E-state index in [0.717, 1.165) is 22.0 Å². The zero-order valence-electron chi connectivity index (χ0n) is 20.4. The Hall–Kier alpha value is -4.10. The van der Waals surface area contributed by atoms with Crippen molar-refractivity contribution in [2.75, 3.05) is 12.5 Å². The average Bonchev–Trinajstić information content (AvgIpc) is 3.36. The van der Waals surface area contributed by atoms with Gasteiger partial charge in [0.05, 0.1) is 12.2 Å². The van der Waals surface area contributed by atoms with Crippen LogP contribution in [0.25, 0.3) is 10.9 Å².